The number of aryl methyl sites for hydroxylation is 1. The summed E-state index contributed by atoms with van der Waals surface area (Å²) in [5.74, 6) is 0.417. The van der Waals surface area contributed by atoms with Gasteiger partial charge in [-0.05, 0) is 42.0 Å². The molecule has 0 bridgehead atoms. The van der Waals surface area contributed by atoms with Gasteiger partial charge in [0.1, 0.15) is 10.6 Å². The Hall–Kier alpha value is -1.85. The van der Waals surface area contributed by atoms with Gasteiger partial charge < -0.3 is 15.2 Å². The van der Waals surface area contributed by atoms with E-state index >= 15 is 0 Å². The van der Waals surface area contributed by atoms with Gasteiger partial charge in [0.2, 0.25) is 0 Å². The van der Waals surface area contributed by atoms with E-state index in [-0.39, 0.29) is 12.5 Å². The van der Waals surface area contributed by atoms with E-state index in [9.17, 15) is 4.79 Å². The second-order valence-electron chi connectivity index (χ2n) is 4.30. The van der Waals surface area contributed by atoms with Crippen LogP contribution in [0.25, 0.3) is 0 Å². The summed E-state index contributed by atoms with van der Waals surface area (Å²) in [6.07, 6.45) is 1.51. The van der Waals surface area contributed by atoms with E-state index in [1.54, 1.807) is 13.2 Å². The number of rotatable bonds is 6. The first-order chi connectivity index (χ1) is 9.74. The van der Waals surface area contributed by atoms with Crippen molar-refractivity contribution in [3.8, 4) is 5.75 Å². The molecule has 0 radical (unpaired) electrons. The van der Waals surface area contributed by atoms with Gasteiger partial charge in [-0.2, -0.15) is 0 Å². The van der Waals surface area contributed by atoms with E-state index in [1.165, 1.54) is 11.3 Å². The van der Waals surface area contributed by atoms with E-state index in [2.05, 4.69) is 5.32 Å². The van der Waals surface area contributed by atoms with E-state index in [0.717, 1.165) is 24.1 Å². The first-order valence-electron chi connectivity index (χ1n) is 6.37. The van der Waals surface area contributed by atoms with Crippen LogP contribution in [-0.2, 0) is 6.42 Å². The zero-order valence-electron chi connectivity index (χ0n) is 11.3. The van der Waals surface area contributed by atoms with Crippen molar-refractivity contribution >= 4 is 22.9 Å². The summed E-state index contributed by atoms with van der Waals surface area (Å²) in [7, 11) is 1.55. The quantitative estimate of drug-likeness (QED) is 0.860. The lowest BCUT2D eigenvalue weighted by atomic mass is 10.1. The number of aliphatic hydroxyl groups excluding tert-OH is 1. The van der Waals surface area contributed by atoms with Crippen molar-refractivity contribution in [1.29, 1.82) is 0 Å². The Bertz CT molecular complexity index is 580. The summed E-state index contributed by atoms with van der Waals surface area (Å²) in [5, 5.41) is 13.5. The number of methoxy groups -OCH3 is 1. The molecule has 5 heteroatoms. The second kappa shape index (κ2) is 7.07. The van der Waals surface area contributed by atoms with Crippen molar-refractivity contribution in [3.63, 3.8) is 0 Å². The summed E-state index contributed by atoms with van der Waals surface area (Å²) in [4.78, 5) is 12.7. The lowest BCUT2D eigenvalue weighted by Crippen LogP contribution is -2.11. The highest BCUT2D eigenvalue weighted by atomic mass is 32.1. The number of hydrogen-bond donors (Lipinski definition) is 2. The van der Waals surface area contributed by atoms with Crippen molar-refractivity contribution in [3.05, 3.63) is 46.2 Å². The number of benzene rings is 1. The molecular formula is C15H17NO3S. The predicted molar refractivity (Wildman–Crippen MR) is 80.7 cm³/mol. The SMILES string of the molecule is COc1ccsc1C(=O)Nc1cccc(CCCO)c1. The summed E-state index contributed by atoms with van der Waals surface area (Å²) in [6, 6.07) is 9.43. The molecule has 0 unspecified atom stereocenters. The molecule has 1 heterocycles. The van der Waals surface area contributed by atoms with Crippen LogP contribution in [0.3, 0.4) is 0 Å². The van der Waals surface area contributed by atoms with E-state index in [1.807, 2.05) is 29.6 Å². The number of carbonyl (C=O) groups is 1. The van der Waals surface area contributed by atoms with E-state index < -0.39 is 0 Å². The number of anilines is 1. The monoisotopic (exact) mass is 291 g/mol. The van der Waals surface area contributed by atoms with Gasteiger partial charge in [0, 0.05) is 12.3 Å². The summed E-state index contributed by atoms with van der Waals surface area (Å²) >= 11 is 1.35. The zero-order chi connectivity index (χ0) is 14.4. The summed E-state index contributed by atoms with van der Waals surface area (Å²) in [5.41, 5.74) is 1.84. The van der Waals surface area contributed by atoms with Crippen LogP contribution >= 0.6 is 11.3 Å². The maximum atomic E-state index is 12.2. The van der Waals surface area contributed by atoms with Gasteiger partial charge in [-0.25, -0.2) is 0 Å². The molecule has 4 nitrogen and oxygen atoms in total. The van der Waals surface area contributed by atoms with E-state index in [4.69, 9.17) is 9.84 Å². The summed E-state index contributed by atoms with van der Waals surface area (Å²) < 4.78 is 5.14. The van der Waals surface area contributed by atoms with Gasteiger partial charge in [0.05, 0.1) is 7.11 Å². The molecule has 0 fully saturated rings. The lowest BCUT2D eigenvalue weighted by Gasteiger charge is -2.07. The molecule has 0 aliphatic rings. The van der Waals surface area contributed by atoms with Gasteiger partial charge in [0.25, 0.3) is 5.91 Å². The minimum Gasteiger partial charge on any atom is -0.495 e. The molecular weight excluding hydrogens is 274 g/mol. The maximum absolute atomic E-state index is 12.2. The summed E-state index contributed by atoms with van der Waals surface area (Å²) in [6.45, 7) is 0.170. The number of carbonyl (C=O) groups excluding carboxylic acids is 1. The Morgan fingerprint density at radius 2 is 2.25 bits per heavy atom. The van der Waals surface area contributed by atoms with Gasteiger partial charge in [-0.1, -0.05) is 12.1 Å². The third kappa shape index (κ3) is 3.59. The molecule has 2 rings (SSSR count). The molecule has 1 aromatic heterocycles. The van der Waals surface area contributed by atoms with E-state index in [0.29, 0.717) is 10.6 Å². The Morgan fingerprint density at radius 1 is 1.40 bits per heavy atom. The maximum Gasteiger partial charge on any atom is 0.269 e. The Morgan fingerprint density at radius 3 is 3.00 bits per heavy atom. The average Bonchev–Trinajstić information content (AvgIpc) is 2.94. The zero-order valence-corrected chi connectivity index (χ0v) is 12.1. The van der Waals surface area contributed by atoms with Crippen LogP contribution in [0.5, 0.6) is 5.75 Å². The third-order valence-electron chi connectivity index (χ3n) is 2.86. The molecule has 0 spiro atoms. The molecule has 1 aromatic carbocycles. The van der Waals surface area contributed by atoms with Crippen LogP contribution < -0.4 is 10.1 Å². The van der Waals surface area contributed by atoms with Gasteiger partial charge in [-0.3, -0.25) is 4.79 Å². The molecule has 106 valence electrons. The predicted octanol–water partition coefficient (Wildman–Crippen LogP) is 2.93. The highest BCUT2D eigenvalue weighted by molar-refractivity contribution is 7.12. The van der Waals surface area contributed by atoms with Crippen LogP contribution in [0.1, 0.15) is 21.7 Å². The Kier molecular flexibility index (Phi) is 5.15. The van der Waals surface area contributed by atoms with Crippen molar-refractivity contribution in [2.45, 2.75) is 12.8 Å². The molecule has 0 saturated heterocycles. The standard InChI is InChI=1S/C15H17NO3S/c1-19-13-7-9-20-14(13)15(18)16-12-6-2-4-11(10-12)5-3-8-17/h2,4,6-7,9-10,17H,3,5,8H2,1H3,(H,16,18). The van der Waals surface area contributed by atoms with Gasteiger partial charge in [0.15, 0.2) is 0 Å². The first-order valence-corrected chi connectivity index (χ1v) is 7.25. The fourth-order valence-electron chi connectivity index (χ4n) is 1.90. The Balaban J connectivity index is 2.08. The molecule has 20 heavy (non-hydrogen) atoms. The minimum atomic E-state index is -0.170. The molecule has 0 aliphatic carbocycles. The molecule has 0 aliphatic heterocycles. The van der Waals surface area contributed by atoms with Crippen molar-refractivity contribution in [2.75, 3.05) is 19.0 Å². The van der Waals surface area contributed by atoms with Crippen molar-refractivity contribution in [1.82, 2.24) is 0 Å². The second-order valence-corrected chi connectivity index (χ2v) is 5.22. The normalized spacial score (nSPS) is 10.3. The number of hydrogen-bond acceptors (Lipinski definition) is 4. The number of thiophene rings is 1. The van der Waals surface area contributed by atoms with Crippen LogP contribution in [0, 0.1) is 0 Å². The molecule has 1 amide bonds. The number of ether oxygens (including phenoxy) is 1. The minimum absolute atomic E-state index is 0.170. The molecule has 2 aromatic rings. The van der Waals surface area contributed by atoms with Crippen molar-refractivity contribution in [2.24, 2.45) is 0 Å². The topological polar surface area (TPSA) is 58.6 Å². The fourth-order valence-corrected chi connectivity index (χ4v) is 2.65. The Labute approximate surface area is 122 Å². The number of aliphatic hydroxyl groups is 1. The smallest absolute Gasteiger partial charge is 0.269 e. The number of amides is 1. The largest absolute Gasteiger partial charge is 0.495 e. The number of nitrogens with one attached hydrogen (secondary N) is 1. The highest BCUT2D eigenvalue weighted by Crippen LogP contribution is 2.25. The first kappa shape index (κ1) is 14.6. The fraction of sp³-hybridized carbons (Fsp3) is 0.267. The van der Waals surface area contributed by atoms with Crippen LogP contribution in [0.15, 0.2) is 35.7 Å². The third-order valence-corrected chi connectivity index (χ3v) is 3.76. The van der Waals surface area contributed by atoms with Gasteiger partial charge >= 0.3 is 0 Å². The average molecular weight is 291 g/mol. The van der Waals surface area contributed by atoms with Crippen LogP contribution in [0.4, 0.5) is 5.69 Å². The van der Waals surface area contributed by atoms with Crippen molar-refractivity contribution < 1.29 is 14.6 Å². The highest BCUT2D eigenvalue weighted by Gasteiger charge is 2.13. The molecule has 2 N–H and O–H groups in total. The molecule has 0 atom stereocenters. The van der Waals surface area contributed by atoms with Crippen LogP contribution in [-0.4, -0.2) is 24.7 Å². The lowest BCUT2D eigenvalue weighted by molar-refractivity contribution is 0.102. The van der Waals surface area contributed by atoms with Crippen LogP contribution in [0.2, 0.25) is 0 Å². The molecule has 0 saturated carbocycles. The van der Waals surface area contributed by atoms with Gasteiger partial charge in [-0.15, -0.1) is 11.3 Å².